The van der Waals surface area contributed by atoms with Gasteiger partial charge in [0, 0.05) is 13.0 Å². The number of rotatable bonds is 2. The molecule has 4 rings (SSSR count). The quantitative estimate of drug-likeness (QED) is 0.390. The molecule has 0 atom stereocenters. The van der Waals surface area contributed by atoms with Crippen molar-refractivity contribution >= 4 is 10.8 Å². The average molecular weight is 402 g/mol. The second-order valence-corrected chi connectivity index (χ2v) is 10.6. The molecule has 158 valence electrons. The topological polar surface area (TPSA) is 3.88 Å². The lowest BCUT2D eigenvalue weighted by atomic mass is 9.70. The minimum Gasteiger partial charge on any atom is -0.198 e. The van der Waals surface area contributed by atoms with Crippen molar-refractivity contribution < 1.29 is 5.94 Å². The Morgan fingerprint density at radius 1 is 0.933 bits per heavy atom. The van der Waals surface area contributed by atoms with E-state index in [-0.39, 0.29) is 0 Å². The molecule has 2 aromatic carbocycles. The van der Waals surface area contributed by atoms with Crippen molar-refractivity contribution in [1.82, 2.24) is 0 Å². The van der Waals surface area contributed by atoms with Crippen LogP contribution in [0.3, 0.4) is 0 Å². The SMILES string of the molecule is [2H]c1c(C)[n+](C)c(-c2cc(C)cc(C)c2C)c2cc(C)c(C3CCC(C)(C)CC3)cc12. The number of benzene rings is 2. The fraction of sp³-hybridized carbons (Fsp3) is 0.483. The summed E-state index contributed by atoms with van der Waals surface area (Å²) >= 11 is 0. The number of nitrogens with zero attached hydrogens (tertiary/aromatic N) is 1. The predicted molar refractivity (Wildman–Crippen MR) is 129 cm³/mol. The summed E-state index contributed by atoms with van der Waals surface area (Å²) in [5, 5.41) is 2.32. The molecule has 0 amide bonds. The van der Waals surface area contributed by atoms with Gasteiger partial charge in [-0.05, 0) is 104 Å². The maximum Gasteiger partial charge on any atom is 0.220 e. The first-order valence-electron chi connectivity index (χ1n) is 12.0. The summed E-state index contributed by atoms with van der Waals surface area (Å²) in [7, 11) is 2.12. The van der Waals surface area contributed by atoms with Crippen LogP contribution in [0.15, 0.2) is 30.3 Å². The lowest BCUT2D eigenvalue weighted by molar-refractivity contribution is -0.665. The summed E-state index contributed by atoms with van der Waals surface area (Å²) in [6, 6.07) is 9.98. The molecule has 1 heteroatoms. The number of pyridine rings is 1. The lowest BCUT2D eigenvalue weighted by Crippen LogP contribution is -2.35. The van der Waals surface area contributed by atoms with Crippen LogP contribution in [0.1, 0.15) is 80.3 Å². The molecule has 0 radical (unpaired) electrons. The van der Waals surface area contributed by atoms with Gasteiger partial charge in [-0.2, -0.15) is 4.57 Å². The summed E-state index contributed by atoms with van der Waals surface area (Å²) < 4.78 is 11.2. The van der Waals surface area contributed by atoms with Crippen LogP contribution >= 0.6 is 0 Å². The molecule has 0 saturated heterocycles. The Labute approximate surface area is 184 Å². The van der Waals surface area contributed by atoms with Gasteiger partial charge in [0.15, 0.2) is 5.69 Å². The minimum absolute atomic E-state index is 0.472. The summed E-state index contributed by atoms with van der Waals surface area (Å²) in [5.74, 6) is 0.623. The molecule has 3 aromatic rings. The smallest absolute Gasteiger partial charge is 0.198 e. The number of hydrogen-bond donors (Lipinski definition) is 0. The van der Waals surface area contributed by atoms with Crippen molar-refractivity contribution in [3.05, 3.63) is 63.8 Å². The molecule has 1 nitrogen and oxygen atoms in total. The van der Waals surface area contributed by atoms with Gasteiger partial charge in [0.05, 0.1) is 12.3 Å². The van der Waals surface area contributed by atoms with Crippen LogP contribution in [0.5, 0.6) is 0 Å². The Morgan fingerprint density at radius 3 is 2.27 bits per heavy atom. The van der Waals surface area contributed by atoms with Crippen LogP contribution in [0.4, 0.5) is 0 Å². The van der Waals surface area contributed by atoms with E-state index in [0.29, 0.717) is 17.4 Å². The highest BCUT2D eigenvalue weighted by Gasteiger charge is 2.29. The molecule has 0 aliphatic heterocycles. The first-order valence-corrected chi connectivity index (χ1v) is 11.5. The number of aromatic nitrogens is 1. The summed E-state index contributed by atoms with van der Waals surface area (Å²) in [6.45, 7) is 15.8. The van der Waals surface area contributed by atoms with Crippen molar-refractivity contribution in [3.8, 4) is 11.3 Å². The molecule has 0 bridgehead atoms. The highest BCUT2D eigenvalue weighted by molar-refractivity contribution is 5.95. The largest absolute Gasteiger partial charge is 0.220 e. The monoisotopic (exact) mass is 401 g/mol. The van der Waals surface area contributed by atoms with Crippen molar-refractivity contribution in [2.75, 3.05) is 0 Å². The zero-order valence-corrected chi connectivity index (χ0v) is 20.2. The molecule has 1 saturated carbocycles. The van der Waals surface area contributed by atoms with E-state index >= 15 is 0 Å². The van der Waals surface area contributed by atoms with Crippen LogP contribution in [0.2, 0.25) is 0 Å². The second-order valence-electron chi connectivity index (χ2n) is 10.6. The van der Waals surface area contributed by atoms with Crippen LogP contribution in [-0.4, -0.2) is 0 Å². The Kier molecular flexibility index (Phi) is 4.96. The Hall–Kier alpha value is -2.15. The second kappa shape index (κ2) is 7.52. The lowest BCUT2D eigenvalue weighted by Gasteiger charge is -2.35. The van der Waals surface area contributed by atoms with E-state index in [0.717, 1.165) is 11.1 Å². The van der Waals surface area contributed by atoms with Gasteiger partial charge in [0.25, 0.3) is 0 Å². The summed E-state index contributed by atoms with van der Waals surface area (Å²) in [5.41, 5.74) is 10.8. The van der Waals surface area contributed by atoms with E-state index in [1.165, 1.54) is 70.1 Å². The van der Waals surface area contributed by atoms with Crippen LogP contribution in [0, 0.1) is 40.0 Å². The van der Waals surface area contributed by atoms with Crippen molar-refractivity contribution in [2.45, 2.75) is 80.1 Å². The normalized spacial score (nSPS) is 17.4. The zero-order chi connectivity index (χ0) is 22.7. The fourth-order valence-electron chi connectivity index (χ4n) is 5.41. The van der Waals surface area contributed by atoms with E-state index in [2.05, 4.69) is 84.3 Å². The standard InChI is InChI=1S/C29H38N/c1-18-13-19(2)22(5)26(14-18)28-27-15-20(3)25(17-24(27)16-21(4)30(28)8)23-9-11-29(6,7)12-10-23/h13-17,23H,9-12H2,1-8H3/q+1/i16D. The maximum absolute atomic E-state index is 8.95. The molecule has 0 unspecified atom stereocenters. The van der Waals surface area contributed by atoms with E-state index in [1.807, 2.05) is 0 Å². The molecule has 30 heavy (non-hydrogen) atoms. The van der Waals surface area contributed by atoms with Crippen molar-refractivity contribution in [2.24, 2.45) is 12.5 Å². The molecule has 1 aliphatic rings. The third-order valence-corrected chi connectivity index (χ3v) is 7.66. The van der Waals surface area contributed by atoms with E-state index in [9.17, 15) is 0 Å². The molecule has 1 fully saturated rings. The van der Waals surface area contributed by atoms with Crippen molar-refractivity contribution in [3.63, 3.8) is 0 Å². The van der Waals surface area contributed by atoms with Gasteiger partial charge < -0.3 is 0 Å². The van der Waals surface area contributed by atoms with E-state index in [4.69, 9.17) is 1.37 Å². The summed E-state index contributed by atoms with van der Waals surface area (Å²) in [6.07, 6.45) is 5.10. The highest BCUT2D eigenvalue weighted by atomic mass is 14.9. The third kappa shape index (κ3) is 3.68. The Bertz CT molecular complexity index is 1180. The van der Waals surface area contributed by atoms with Gasteiger partial charge in [0.1, 0.15) is 7.05 Å². The van der Waals surface area contributed by atoms with Crippen LogP contribution in [-0.2, 0) is 7.05 Å². The Morgan fingerprint density at radius 2 is 1.60 bits per heavy atom. The van der Waals surface area contributed by atoms with Gasteiger partial charge >= 0.3 is 0 Å². The zero-order valence-electron chi connectivity index (χ0n) is 21.2. The predicted octanol–water partition coefficient (Wildman–Crippen LogP) is 7.56. The molecular weight excluding hydrogens is 362 g/mol. The minimum atomic E-state index is 0.472. The van der Waals surface area contributed by atoms with Crippen LogP contribution in [0.25, 0.3) is 22.0 Å². The van der Waals surface area contributed by atoms with Gasteiger partial charge in [0.2, 0.25) is 5.69 Å². The highest BCUT2D eigenvalue weighted by Crippen LogP contribution is 2.44. The van der Waals surface area contributed by atoms with Gasteiger partial charge in [-0.25, -0.2) is 0 Å². The average Bonchev–Trinajstić information content (AvgIpc) is 2.70. The van der Waals surface area contributed by atoms with E-state index in [1.54, 1.807) is 0 Å². The fourth-order valence-corrected chi connectivity index (χ4v) is 5.41. The van der Waals surface area contributed by atoms with Crippen LogP contribution < -0.4 is 4.57 Å². The third-order valence-electron chi connectivity index (χ3n) is 7.66. The van der Waals surface area contributed by atoms with Gasteiger partial charge in [-0.15, -0.1) is 0 Å². The summed E-state index contributed by atoms with van der Waals surface area (Å²) in [4.78, 5) is 0. The van der Waals surface area contributed by atoms with Crippen molar-refractivity contribution in [1.29, 1.82) is 0 Å². The van der Waals surface area contributed by atoms with Gasteiger partial charge in [-0.1, -0.05) is 31.5 Å². The van der Waals surface area contributed by atoms with E-state index < -0.39 is 0 Å². The number of hydrogen-bond acceptors (Lipinski definition) is 0. The molecule has 0 N–H and O–H groups in total. The Balaban J connectivity index is 1.97. The molecule has 1 heterocycles. The number of fused-ring (bicyclic) bond motifs is 1. The number of aryl methyl sites for hydroxylation is 3. The molecule has 0 spiro atoms. The first kappa shape index (κ1) is 19.8. The first-order chi connectivity index (χ1) is 14.5. The molecule has 1 aliphatic carbocycles. The maximum atomic E-state index is 8.95. The molecule has 1 aromatic heterocycles. The van der Waals surface area contributed by atoms with Gasteiger partial charge in [-0.3, -0.25) is 0 Å². The molecular formula is C29H38N+.